The lowest BCUT2D eigenvalue weighted by Gasteiger charge is -2.08. The molecule has 11 heavy (non-hydrogen) atoms. The highest BCUT2D eigenvalue weighted by molar-refractivity contribution is 5.72. The summed E-state index contributed by atoms with van der Waals surface area (Å²) in [6.45, 7) is 5.36. The topological polar surface area (TPSA) is 55.8 Å². The van der Waals surface area contributed by atoms with E-state index in [1.54, 1.807) is 6.92 Å². The van der Waals surface area contributed by atoms with E-state index >= 15 is 0 Å². The third-order valence-electron chi connectivity index (χ3n) is 0.870. The molecule has 64 valence electrons. The summed E-state index contributed by atoms with van der Waals surface area (Å²) in [6.07, 6.45) is -0.0590. The van der Waals surface area contributed by atoms with E-state index in [4.69, 9.17) is 5.11 Å². The Hall–Kier alpha value is -0.870. The Morgan fingerprint density at radius 1 is 1.82 bits per heavy atom. The maximum atomic E-state index is 10.6. The van der Waals surface area contributed by atoms with E-state index in [1.165, 1.54) is 6.08 Å². The van der Waals surface area contributed by atoms with Crippen LogP contribution in [0.3, 0.4) is 0 Å². The normalized spacial score (nSPS) is 12.2. The Labute approximate surface area is 65.4 Å². The van der Waals surface area contributed by atoms with E-state index in [0.717, 1.165) is 0 Å². The number of esters is 1. The molecule has 0 aromatic rings. The quantitative estimate of drug-likeness (QED) is 0.351. The van der Waals surface area contributed by atoms with Gasteiger partial charge in [0.1, 0.15) is 6.61 Å². The highest BCUT2D eigenvalue weighted by Crippen LogP contribution is 1.90. The molecule has 1 N–H and O–H groups in total. The van der Waals surface area contributed by atoms with Gasteiger partial charge in [-0.05, 0) is 6.92 Å². The number of rotatable bonds is 5. The van der Waals surface area contributed by atoms with Crippen LogP contribution >= 0.6 is 0 Å². The summed E-state index contributed by atoms with van der Waals surface area (Å²) in [6, 6.07) is 0. The zero-order chi connectivity index (χ0) is 8.69. The predicted octanol–water partition coefficient (Wildman–Crippen LogP) is 0.0705. The molecular formula is C7H12O4. The molecular weight excluding hydrogens is 148 g/mol. The zero-order valence-corrected chi connectivity index (χ0v) is 6.45. The van der Waals surface area contributed by atoms with Gasteiger partial charge in [-0.25, -0.2) is 4.79 Å². The minimum absolute atomic E-state index is 0.0863. The number of aliphatic hydroxyl groups is 1. The van der Waals surface area contributed by atoms with Crippen molar-refractivity contribution in [2.75, 3.05) is 13.2 Å². The standard InChI is InChI=1S/C7H12O4/c1-3-5-11-7(9)6(8)10-4-2/h3,6,8H,1,4-5H2,2H3. The van der Waals surface area contributed by atoms with Gasteiger partial charge >= 0.3 is 5.97 Å². The fourth-order valence-electron chi connectivity index (χ4n) is 0.438. The first-order valence-electron chi connectivity index (χ1n) is 3.29. The minimum Gasteiger partial charge on any atom is -0.458 e. The summed E-state index contributed by atoms with van der Waals surface area (Å²) in [4.78, 5) is 10.6. The molecule has 0 bridgehead atoms. The third kappa shape index (κ3) is 4.52. The Balaban J connectivity index is 3.54. The number of carbonyl (C=O) groups is 1. The van der Waals surface area contributed by atoms with Crippen molar-refractivity contribution in [1.82, 2.24) is 0 Å². The third-order valence-corrected chi connectivity index (χ3v) is 0.870. The summed E-state index contributed by atoms with van der Waals surface area (Å²) in [5, 5.41) is 8.81. The van der Waals surface area contributed by atoms with Crippen LogP contribution < -0.4 is 0 Å². The molecule has 0 aromatic carbocycles. The van der Waals surface area contributed by atoms with Crippen molar-refractivity contribution in [3.8, 4) is 0 Å². The second-order valence-electron chi connectivity index (χ2n) is 1.73. The van der Waals surface area contributed by atoms with Crippen molar-refractivity contribution in [3.63, 3.8) is 0 Å². The summed E-state index contributed by atoms with van der Waals surface area (Å²) < 4.78 is 9.02. The lowest BCUT2D eigenvalue weighted by molar-refractivity contribution is -0.180. The molecule has 0 aliphatic heterocycles. The highest BCUT2D eigenvalue weighted by Gasteiger charge is 2.14. The second kappa shape index (κ2) is 5.88. The van der Waals surface area contributed by atoms with E-state index in [0.29, 0.717) is 0 Å². The monoisotopic (exact) mass is 160 g/mol. The molecule has 0 heterocycles. The molecule has 0 saturated heterocycles. The van der Waals surface area contributed by atoms with E-state index in [2.05, 4.69) is 16.1 Å². The van der Waals surface area contributed by atoms with Crippen molar-refractivity contribution >= 4 is 5.97 Å². The van der Waals surface area contributed by atoms with Gasteiger partial charge in [0, 0.05) is 6.61 Å². The Kier molecular flexibility index (Phi) is 5.42. The van der Waals surface area contributed by atoms with Gasteiger partial charge in [-0.15, -0.1) is 0 Å². The second-order valence-corrected chi connectivity index (χ2v) is 1.73. The molecule has 1 atom stereocenters. The lowest BCUT2D eigenvalue weighted by atomic mass is 10.6. The average Bonchev–Trinajstić information content (AvgIpc) is 2.00. The fraction of sp³-hybridized carbons (Fsp3) is 0.571. The minimum atomic E-state index is -1.47. The lowest BCUT2D eigenvalue weighted by Crippen LogP contribution is -2.26. The van der Waals surface area contributed by atoms with E-state index in [1.807, 2.05) is 0 Å². The van der Waals surface area contributed by atoms with Gasteiger partial charge in [-0.1, -0.05) is 12.7 Å². The molecule has 0 aromatic heterocycles. The molecule has 0 rings (SSSR count). The van der Waals surface area contributed by atoms with Gasteiger partial charge in [0.2, 0.25) is 0 Å². The van der Waals surface area contributed by atoms with E-state index < -0.39 is 12.3 Å². The van der Waals surface area contributed by atoms with Crippen LogP contribution in [0, 0.1) is 0 Å². The maximum Gasteiger partial charge on any atom is 0.363 e. The number of hydrogen-bond donors (Lipinski definition) is 1. The first-order chi connectivity index (χ1) is 5.22. The van der Waals surface area contributed by atoms with Crippen LogP contribution in [0.2, 0.25) is 0 Å². The summed E-state index contributed by atoms with van der Waals surface area (Å²) in [5.41, 5.74) is 0. The summed E-state index contributed by atoms with van der Waals surface area (Å²) in [7, 11) is 0. The molecule has 0 aliphatic carbocycles. The van der Waals surface area contributed by atoms with Crippen LogP contribution in [0.4, 0.5) is 0 Å². The largest absolute Gasteiger partial charge is 0.458 e. The van der Waals surface area contributed by atoms with Gasteiger partial charge in [-0.2, -0.15) is 0 Å². The van der Waals surface area contributed by atoms with Crippen molar-refractivity contribution in [2.24, 2.45) is 0 Å². The molecule has 0 aliphatic rings. The van der Waals surface area contributed by atoms with Crippen molar-refractivity contribution < 1.29 is 19.4 Å². The summed E-state index contributed by atoms with van der Waals surface area (Å²) >= 11 is 0. The molecule has 0 amide bonds. The number of carbonyl (C=O) groups excluding carboxylic acids is 1. The molecule has 1 unspecified atom stereocenters. The zero-order valence-electron chi connectivity index (χ0n) is 6.45. The summed E-state index contributed by atoms with van der Waals surface area (Å²) in [5.74, 6) is -0.785. The van der Waals surface area contributed by atoms with Crippen molar-refractivity contribution in [3.05, 3.63) is 12.7 Å². The van der Waals surface area contributed by atoms with Crippen LogP contribution in [0.5, 0.6) is 0 Å². The number of hydrogen-bond acceptors (Lipinski definition) is 4. The van der Waals surface area contributed by atoms with Gasteiger partial charge in [0.25, 0.3) is 6.29 Å². The molecule has 0 saturated carbocycles. The Morgan fingerprint density at radius 2 is 2.45 bits per heavy atom. The molecule has 0 spiro atoms. The van der Waals surface area contributed by atoms with Crippen LogP contribution in [0.1, 0.15) is 6.92 Å². The van der Waals surface area contributed by atoms with Crippen LogP contribution in [0.25, 0.3) is 0 Å². The highest BCUT2D eigenvalue weighted by atomic mass is 16.6. The van der Waals surface area contributed by atoms with Gasteiger partial charge in [-0.3, -0.25) is 0 Å². The van der Waals surface area contributed by atoms with E-state index in [9.17, 15) is 4.79 Å². The first-order valence-corrected chi connectivity index (χ1v) is 3.29. The van der Waals surface area contributed by atoms with Crippen LogP contribution in [-0.4, -0.2) is 30.6 Å². The van der Waals surface area contributed by atoms with Crippen molar-refractivity contribution in [1.29, 1.82) is 0 Å². The van der Waals surface area contributed by atoms with Gasteiger partial charge < -0.3 is 14.6 Å². The average molecular weight is 160 g/mol. The van der Waals surface area contributed by atoms with Crippen molar-refractivity contribution in [2.45, 2.75) is 13.2 Å². The fourth-order valence-corrected chi connectivity index (χ4v) is 0.438. The molecule has 0 radical (unpaired) electrons. The maximum absolute atomic E-state index is 10.6. The predicted molar refractivity (Wildman–Crippen MR) is 38.8 cm³/mol. The molecule has 4 heteroatoms. The smallest absolute Gasteiger partial charge is 0.363 e. The van der Waals surface area contributed by atoms with Crippen LogP contribution in [0.15, 0.2) is 12.7 Å². The Bertz CT molecular complexity index is 132. The molecule has 4 nitrogen and oxygen atoms in total. The van der Waals surface area contributed by atoms with E-state index in [-0.39, 0.29) is 13.2 Å². The first kappa shape index (κ1) is 10.1. The van der Waals surface area contributed by atoms with Crippen LogP contribution in [-0.2, 0) is 14.3 Å². The number of aliphatic hydroxyl groups excluding tert-OH is 1. The molecule has 0 fully saturated rings. The van der Waals surface area contributed by atoms with Gasteiger partial charge in [0.15, 0.2) is 0 Å². The SMILES string of the molecule is C=CCOC(=O)C(O)OCC. The van der Waals surface area contributed by atoms with Gasteiger partial charge in [0.05, 0.1) is 0 Å². The Morgan fingerprint density at radius 3 is 2.91 bits per heavy atom. The number of ether oxygens (including phenoxy) is 2.